The minimum atomic E-state index is 0.692. The van der Waals surface area contributed by atoms with Gasteiger partial charge >= 0.3 is 0 Å². The van der Waals surface area contributed by atoms with E-state index in [-0.39, 0.29) is 0 Å². The second-order valence-corrected chi connectivity index (χ2v) is 4.53. The van der Waals surface area contributed by atoms with Crippen LogP contribution in [0.15, 0.2) is 18.2 Å². The molecule has 0 spiro atoms. The molecule has 0 bridgehead atoms. The molecule has 17 heavy (non-hydrogen) atoms. The molecule has 2 aromatic rings. The highest BCUT2D eigenvalue weighted by molar-refractivity contribution is 6.31. The summed E-state index contributed by atoms with van der Waals surface area (Å²) in [6, 6.07) is 5.53. The molecule has 1 aromatic heterocycles. The third-order valence-electron chi connectivity index (χ3n) is 2.97. The van der Waals surface area contributed by atoms with Crippen molar-refractivity contribution in [2.75, 3.05) is 5.73 Å². The standard InChI is InChI=1S/C13H16ClN3/c1-4-17-9(3)13(8(2)16-17)11-7-10(14)5-6-12(11)15/h5-7H,4,15H2,1-3H3. The van der Waals surface area contributed by atoms with E-state index < -0.39 is 0 Å². The van der Waals surface area contributed by atoms with Crippen LogP contribution in [-0.2, 0) is 6.54 Å². The lowest BCUT2D eigenvalue weighted by molar-refractivity contribution is 0.634. The van der Waals surface area contributed by atoms with Crippen molar-refractivity contribution in [2.24, 2.45) is 0 Å². The quantitative estimate of drug-likeness (QED) is 0.829. The summed E-state index contributed by atoms with van der Waals surface area (Å²) in [5.74, 6) is 0. The molecule has 1 aromatic carbocycles. The molecule has 0 aliphatic heterocycles. The topological polar surface area (TPSA) is 43.8 Å². The van der Waals surface area contributed by atoms with E-state index in [1.807, 2.05) is 23.7 Å². The average molecular weight is 250 g/mol. The van der Waals surface area contributed by atoms with Gasteiger partial charge in [-0.05, 0) is 39.0 Å². The molecule has 0 fully saturated rings. The summed E-state index contributed by atoms with van der Waals surface area (Å²) >= 11 is 6.03. The summed E-state index contributed by atoms with van der Waals surface area (Å²) in [5, 5.41) is 5.19. The largest absolute Gasteiger partial charge is 0.398 e. The minimum absolute atomic E-state index is 0.692. The smallest absolute Gasteiger partial charge is 0.0675 e. The average Bonchev–Trinajstić information content (AvgIpc) is 2.58. The number of aromatic nitrogens is 2. The van der Waals surface area contributed by atoms with Crippen molar-refractivity contribution in [3.05, 3.63) is 34.6 Å². The fourth-order valence-corrected chi connectivity index (χ4v) is 2.31. The second-order valence-electron chi connectivity index (χ2n) is 4.09. The Labute approximate surface area is 106 Å². The molecule has 0 amide bonds. The summed E-state index contributed by atoms with van der Waals surface area (Å²) in [6.07, 6.45) is 0. The van der Waals surface area contributed by atoms with Gasteiger partial charge in [-0.15, -0.1) is 0 Å². The molecule has 0 aliphatic carbocycles. The third kappa shape index (κ3) is 2.03. The van der Waals surface area contributed by atoms with Gasteiger partial charge in [0.05, 0.1) is 5.69 Å². The summed E-state index contributed by atoms with van der Waals surface area (Å²) in [6.45, 7) is 6.98. The van der Waals surface area contributed by atoms with Crippen LogP contribution in [0.25, 0.3) is 11.1 Å². The highest BCUT2D eigenvalue weighted by Crippen LogP contribution is 2.33. The van der Waals surface area contributed by atoms with E-state index in [2.05, 4.69) is 18.9 Å². The number of anilines is 1. The van der Waals surface area contributed by atoms with Crippen molar-refractivity contribution in [3.63, 3.8) is 0 Å². The Bertz CT molecular complexity index is 558. The first-order chi connectivity index (χ1) is 8.04. The predicted molar refractivity (Wildman–Crippen MR) is 72.2 cm³/mol. The number of hydrogen-bond acceptors (Lipinski definition) is 2. The van der Waals surface area contributed by atoms with Crippen molar-refractivity contribution in [1.29, 1.82) is 0 Å². The highest BCUT2D eigenvalue weighted by atomic mass is 35.5. The van der Waals surface area contributed by atoms with Crippen LogP contribution in [0.5, 0.6) is 0 Å². The van der Waals surface area contributed by atoms with E-state index in [1.54, 1.807) is 6.07 Å². The Morgan fingerprint density at radius 3 is 2.65 bits per heavy atom. The third-order valence-corrected chi connectivity index (χ3v) is 3.20. The maximum Gasteiger partial charge on any atom is 0.0675 e. The summed E-state index contributed by atoms with van der Waals surface area (Å²) in [7, 11) is 0. The van der Waals surface area contributed by atoms with Crippen LogP contribution in [-0.4, -0.2) is 9.78 Å². The number of hydrogen-bond donors (Lipinski definition) is 1. The van der Waals surface area contributed by atoms with Crippen molar-refractivity contribution in [3.8, 4) is 11.1 Å². The first-order valence-electron chi connectivity index (χ1n) is 5.64. The Balaban J connectivity index is 2.68. The molecular weight excluding hydrogens is 234 g/mol. The van der Waals surface area contributed by atoms with E-state index >= 15 is 0 Å². The molecular formula is C13H16ClN3. The zero-order valence-electron chi connectivity index (χ0n) is 10.3. The molecule has 4 heteroatoms. The van der Waals surface area contributed by atoms with Gasteiger partial charge in [-0.25, -0.2) is 0 Å². The van der Waals surface area contributed by atoms with Crippen molar-refractivity contribution >= 4 is 17.3 Å². The first-order valence-corrected chi connectivity index (χ1v) is 6.01. The molecule has 0 atom stereocenters. The van der Waals surface area contributed by atoms with Gasteiger partial charge in [0.2, 0.25) is 0 Å². The maximum atomic E-state index is 6.03. The van der Waals surface area contributed by atoms with Crippen molar-refractivity contribution in [2.45, 2.75) is 27.3 Å². The van der Waals surface area contributed by atoms with Gasteiger partial charge in [0.1, 0.15) is 0 Å². The number of rotatable bonds is 2. The molecule has 3 nitrogen and oxygen atoms in total. The van der Waals surface area contributed by atoms with E-state index in [4.69, 9.17) is 17.3 Å². The van der Waals surface area contributed by atoms with Crippen LogP contribution in [0.3, 0.4) is 0 Å². The molecule has 2 rings (SSSR count). The molecule has 0 saturated heterocycles. The van der Waals surface area contributed by atoms with Crippen LogP contribution >= 0.6 is 11.6 Å². The number of aryl methyl sites for hydroxylation is 2. The Hall–Kier alpha value is -1.48. The van der Waals surface area contributed by atoms with Gasteiger partial charge in [-0.3, -0.25) is 4.68 Å². The van der Waals surface area contributed by atoms with Crippen molar-refractivity contribution in [1.82, 2.24) is 9.78 Å². The van der Waals surface area contributed by atoms with E-state index in [9.17, 15) is 0 Å². The SMILES string of the molecule is CCn1nc(C)c(-c2cc(Cl)ccc2N)c1C. The first kappa shape index (κ1) is 12.0. The summed E-state index contributed by atoms with van der Waals surface area (Å²) in [5.41, 5.74) is 10.9. The zero-order valence-corrected chi connectivity index (χ0v) is 11.0. The molecule has 0 saturated carbocycles. The normalized spacial score (nSPS) is 10.8. The summed E-state index contributed by atoms with van der Waals surface area (Å²) < 4.78 is 1.98. The second kappa shape index (κ2) is 4.41. The maximum absolute atomic E-state index is 6.03. The lowest BCUT2D eigenvalue weighted by Crippen LogP contribution is -1.99. The van der Waals surface area contributed by atoms with Gasteiger partial charge in [0.15, 0.2) is 0 Å². The van der Waals surface area contributed by atoms with E-state index in [0.717, 1.165) is 34.7 Å². The fraction of sp³-hybridized carbons (Fsp3) is 0.308. The monoisotopic (exact) mass is 249 g/mol. The Kier molecular flexibility index (Phi) is 3.11. The fourth-order valence-electron chi connectivity index (χ4n) is 2.14. The van der Waals surface area contributed by atoms with Gasteiger partial charge in [0, 0.05) is 34.1 Å². The van der Waals surface area contributed by atoms with Crippen LogP contribution in [0, 0.1) is 13.8 Å². The highest BCUT2D eigenvalue weighted by Gasteiger charge is 2.15. The molecule has 0 aliphatic rings. The molecule has 2 N–H and O–H groups in total. The number of nitrogens with zero attached hydrogens (tertiary/aromatic N) is 2. The summed E-state index contributed by atoms with van der Waals surface area (Å²) in [4.78, 5) is 0. The van der Waals surface area contributed by atoms with Gasteiger partial charge in [-0.2, -0.15) is 5.10 Å². The van der Waals surface area contributed by atoms with Gasteiger partial charge in [0.25, 0.3) is 0 Å². The minimum Gasteiger partial charge on any atom is -0.398 e. The van der Waals surface area contributed by atoms with E-state index in [1.165, 1.54) is 0 Å². The lowest BCUT2D eigenvalue weighted by Gasteiger charge is -2.07. The van der Waals surface area contributed by atoms with Crippen LogP contribution < -0.4 is 5.73 Å². The van der Waals surface area contributed by atoms with Crippen LogP contribution in [0.2, 0.25) is 5.02 Å². The zero-order chi connectivity index (χ0) is 12.6. The van der Waals surface area contributed by atoms with Crippen LogP contribution in [0.1, 0.15) is 18.3 Å². The lowest BCUT2D eigenvalue weighted by atomic mass is 10.0. The van der Waals surface area contributed by atoms with Crippen molar-refractivity contribution < 1.29 is 0 Å². The number of nitrogens with two attached hydrogens (primary N) is 1. The predicted octanol–water partition coefficient (Wildman–Crippen LogP) is 3.42. The molecule has 90 valence electrons. The number of nitrogen functional groups attached to an aromatic ring is 1. The van der Waals surface area contributed by atoms with E-state index in [0.29, 0.717) is 5.02 Å². The van der Waals surface area contributed by atoms with Gasteiger partial charge in [-0.1, -0.05) is 11.6 Å². The Morgan fingerprint density at radius 2 is 2.06 bits per heavy atom. The Morgan fingerprint density at radius 1 is 1.35 bits per heavy atom. The number of halogens is 1. The molecule has 0 unspecified atom stereocenters. The molecule has 1 heterocycles. The number of benzene rings is 1. The molecule has 0 radical (unpaired) electrons. The van der Waals surface area contributed by atoms with Gasteiger partial charge < -0.3 is 5.73 Å². The van der Waals surface area contributed by atoms with Crippen LogP contribution in [0.4, 0.5) is 5.69 Å².